The molecule has 1 aromatic carbocycles. The van der Waals surface area contributed by atoms with Gasteiger partial charge in [0, 0.05) is 5.56 Å². The van der Waals surface area contributed by atoms with Crippen LogP contribution in [-0.2, 0) is 0 Å². The average molecular weight is 166 g/mol. The van der Waals surface area contributed by atoms with Crippen LogP contribution in [0.2, 0.25) is 0 Å². The molecule has 0 saturated heterocycles. The van der Waals surface area contributed by atoms with Gasteiger partial charge in [0.05, 0.1) is 6.10 Å². The fourth-order valence-corrected chi connectivity index (χ4v) is 1.16. The van der Waals surface area contributed by atoms with E-state index in [0.717, 1.165) is 11.1 Å². The lowest BCUT2D eigenvalue weighted by Gasteiger charge is -2.11. The maximum atomic E-state index is 9.59. The molecular weight excluding hydrogens is 152 g/mol. The third-order valence-electron chi connectivity index (χ3n) is 2.18. The Morgan fingerprint density at radius 3 is 2.33 bits per heavy atom. The number of phenols is 1. The highest BCUT2D eigenvalue weighted by molar-refractivity contribution is 5.44. The third kappa shape index (κ3) is 1.43. The monoisotopic (exact) mass is 166 g/mol. The Morgan fingerprint density at radius 1 is 1.25 bits per heavy atom. The molecule has 0 radical (unpaired) electrons. The van der Waals surface area contributed by atoms with Gasteiger partial charge in [-0.1, -0.05) is 12.1 Å². The van der Waals surface area contributed by atoms with Crippen molar-refractivity contribution in [3.8, 4) is 5.75 Å². The molecule has 66 valence electrons. The number of aryl methyl sites for hydroxylation is 1. The van der Waals surface area contributed by atoms with Gasteiger partial charge in [-0.05, 0) is 31.9 Å². The van der Waals surface area contributed by atoms with Crippen LogP contribution in [0.5, 0.6) is 5.75 Å². The van der Waals surface area contributed by atoms with E-state index in [-0.39, 0.29) is 5.75 Å². The molecule has 2 heteroatoms. The summed E-state index contributed by atoms with van der Waals surface area (Å²) in [5, 5.41) is 18.8. The van der Waals surface area contributed by atoms with Crippen molar-refractivity contribution in [2.75, 3.05) is 0 Å². The van der Waals surface area contributed by atoms with E-state index in [4.69, 9.17) is 0 Å². The molecule has 0 aliphatic carbocycles. The summed E-state index contributed by atoms with van der Waals surface area (Å²) in [4.78, 5) is 0. The minimum atomic E-state index is -0.607. The van der Waals surface area contributed by atoms with Crippen LogP contribution in [-0.4, -0.2) is 10.2 Å². The van der Waals surface area contributed by atoms with Gasteiger partial charge in [-0.25, -0.2) is 0 Å². The second-order valence-corrected chi connectivity index (χ2v) is 3.12. The number of benzene rings is 1. The molecule has 0 aliphatic heterocycles. The summed E-state index contributed by atoms with van der Waals surface area (Å²) in [6, 6.07) is 3.65. The van der Waals surface area contributed by atoms with Crippen LogP contribution in [0.25, 0.3) is 0 Å². The van der Waals surface area contributed by atoms with Gasteiger partial charge in [-0.15, -0.1) is 0 Å². The van der Waals surface area contributed by atoms with E-state index in [9.17, 15) is 10.2 Å². The predicted molar refractivity (Wildman–Crippen MR) is 48.2 cm³/mol. The molecule has 0 bridgehead atoms. The molecule has 1 aromatic rings. The zero-order valence-corrected chi connectivity index (χ0v) is 7.63. The quantitative estimate of drug-likeness (QED) is 0.670. The second kappa shape index (κ2) is 3.15. The highest BCUT2D eigenvalue weighted by Gasteiger charge is 2.09. The van der Waals surface area contributed by atoms with Crippen molar-refractivity contribution < 1.29 is 10.2 Å². The molecule has 0 fully saturated rings. The molecule has 0 aliphatic rings. The third-order valence-corrected chi connectivity index (χ3v) is 2.18. The maximum absolute atomic E-state index is 9.59. The van der Waals surface area contributed by atoms with Gasteiger partial charge in [0.25, 0.3) is 0 Å². The van der Waals surface area contributed by atoms with Crippen LogP contribution in [0, 0.1) is 13.8 Å². The Bertz CT molecular complexity index is 290. The first kappa shape index (κ1) is 9.07. The molecular formula is C10H14O2. The lowest BCUT2D eigenvalue weighted by atomic mass is 10.0. The van der Waals surface area contributed by atoms with Crippen molar-refractivity contribution in [1.29, 1.82) is 0 Å². The number of aliphatic hydroxyl groups is 1. The normalized spacial score (nSPS) is 13.0. The fourth-order valence-electron chi connectivity index (χ4n) is 1.16. The van der Waals surface area contributed by atoms with Gasteiger partial charge in [-0.2, -0.15) is 0 Å². The summed E-state index contributed by atoms with van der Waals surface area (Å²) in [5.74, 6) is 0.213. The maximum Gasteiger partial charge on any atom is 0.124 e. The molecule has 0 spiro atoms. The lowest BCUT2D eigenvalue weighted by molar-refractivity contribution is 0.195. The van der Waals surface area contributed by atoms with Crippen LogP contribution < -0.4 is 0 Å². The van der Waals surface area contributed by atoms with E-state index in [1.165, 1.54) is 0 Å². The van der Waals surface area contributed by atoms with Gasteiger partial charge in [-0.3, -0.25) is 0 Å². The number of aliphatic hydroxyl groups excluding tert-OH is 1. The molecule has 0 saturated carbocycles. The molecule has 0 amide bonds. The summed E-state index contributed by atoms with van der Waals surface area (Å²) >= 11 is 0. The molecule has 0 heterocycles. The van der Waals surface area contributed by atoms with Crippen molar-refractivity contribution in [3.63, 3.8) is 0 Å². The van der Waals surface area contributed by atoms with Crippen molar-refractivity contribution in [3.05, 3.63) is 28.8 Å². The molecule has 12 heavy (non-hydrogen) atoms. The number of phenolic OH excluding ortho intramolecular Hbond substituents is 1. The number of rotatable bonds is 1. The first-order valence-electron chi connectivity index (χ1n) is 4.01. The summed E-state index contributed by atoms with van der Waals surface area (Å²) < 4.78 is 0. The van der Waals surface area contributed by atoms with E-state index in [2.05, 4.69) is 0 Å². The summed E-state index contributed by atoms with van der Waals surface area (Å²) in [5.41, 5.74) is 2.48. The van der Waals surface area contributed by atoms with Crippen LogP contribution >= 0.6 is 0 Å². The van der Waals surface area contributed by atoms with Crippen molar-refractivity contribution in [2.24, 2.45) is 0 Å². The summed E-state index contributed by atoms with van der Waals surface area (Å²) in [7, 11) is 0. The van der Waals surface area contributed by atoms with E-state index in [1.54, 1.807) is 13.0 Å². The van der Waals surface area contributed by atoms with Crippen molar-refractivity contribution in [2.45, 2.75) is 26.9 Å². The zero-order valence-electron chi connectivity index (χ0n) is 7.63. The standard InChI is InChI=1S/C10H14O2/c1-6-4-5-9(8(3)11)10(12)7(6)2/h4-5,8,11-12H,1-3H3. The van der Waals surface area contributed by atoms with Crippen LogP contribution in [0.4, 0.5) is 0 Å². The summed E-state index contributed by atoms with van der Waals surface area (Å²) in [6.07, 6.45) is -0.607. The molecule has 1 rings (SSSR count). The Morgan fingerprint density at radius 2 is 1.83 bits per heavy atom. The summed E-state index contributed by atoms with van der Waals surface area (Å²) in [6.45, 7) is 5.42. The van der Waals surface area contributed by atoms with E-state index in [0.29, 0.717) is 5.56 Å². The first-order valence-corrected chi connectivity index (χ1v) is 4.01. The van der Waals surface area contributed by atoms with Crippen molar-refractivity contribution in [1.82, 2.24) is 0 Å². The number of hydrogen-bond acceptors (Lipinski definition) is 2. The van der Waals surface area contributed by atoms with Gasteiger partial charge in [0.2, 0.25) is 0 Å². The molecule has 0 aromatic heterocycles. The topological polar surface area (TPSA) is 40.5 Å². The van der Waals surface area contributed by atoms with Crippen molar-refractivity contribution >= 4 is 0 Å². The number of aromatic hydroxyl groups is 1. The smallest absolute Gasteiger partial charge is 0.124 e. The SMILES string of the molecule is Cc1ccc(C(C)O)c(O)c1C. The average Bonchev–Trinajstić information content (AvgIpc) is 2.00. The lowest BCUT2D eigenvalue weighted by Crippen LogP contribution is -1.94. The van der Waals surface area contributed by atoms with E-state index in [1.807, 2.05) is 19.9 Å². The molecule has 1 atom stereocenters. The zero-order chi connectivity index (χ0) is 9.30. The van der Waals surface area contributed by atoms with Gasteiger partial charge >= 0.3 is 0 Å². The predicted octanol–water partition coefficient (Wildman–Crippen LogP) is 2.06. The fraction of sp³-hybridized carbons (Fsp3) is 0.400. The Labute approximate surface area is 72.5 Å². The first-order chi connectivity index (χ1) is 5.54. The Balaban J connectivity index is 3.27. The van der Waals surface area contributed by atoms with E-state index < -0.39 is 6.10 Å². The minimum Gasteiger partial charge on any atom is -0.507 e. The van der Waals surface area contributed by atoms with Gasteiger partial charge < -0.3 is 10.2 Å². The van der Waals surface area contributed by atoms with Gasteiger partial charge in [0.1, 0.15) is 5.75 Å². The minimum absolute atomic E-state index is 0.213. The molecule has 1 unspecified atom stereocenters. The van der Waals surface area contributed by atoms with E-state index >= 15 is 0 Å². The van der Waals surface area contributed by atoms with Crippen LogP contribution in [0.15, 0.2) is 12.1 Å². The molecule has 2 nitrogen and oxygen atoms in total. The highest BCUT2D eigenvalue weighted by atomic mass is 16.3. The Hall–Kier alpha value is -1.02. The number of hydrogen-bond donors (Lipinski definition) is 2. The second-order valence-electron chi connectivity index (χ2n) is 3.12. The van der Waals surface area contributed by atoms with Crippen LogP contribution in [0.3, 0.4) is 0 Å². The molecule has 2 N–H and O–H groups in total. The largest absolute Gasteiger partial charge is 0.507 e. The van der Waals surface area contributed by atoms with Gasteiger partial charge in [0.15, 0.2) is 0 Å². The Kier molecular flexibility index (Phi) is 2.38. The highest BCUT2D eigenvalue weighted by Crippen LogP contribution is 2.29. The van der Waals surface area contributed by atoms with Crippen LogP contribution in [0.1, 0.15) is 29.7 Å².